The first kappa shape index (κ1) is 15.9. The van der Waals surface area contributed by atoms with Crippen LogP contribution in [0.4, 0.5) is 10.1 Å². The fourth-order valence-electron chi connectivity index (χ4n) is 1.82. The smallest absolute Gasteiger partial charge is 0.138 e. The Morgan fingerprint density at radius 1 is 1.10 bits per heavy atom. The van der Waals surface area contributed by atoms with Gasteiger partial charge >= 0.3 is 0 Å². The van der Waals surface area contributed by atoms with Gasteiger partial charge in [0, 0.05) is 17.3 Å². The molecule has 0 bridgehead atoms. The van der Waals surface area contributed by atoms with Crippen molar-refractivity contribution in [2.75, 3.05) is 5.32 Å². The Balaban J connectivity index is 2.05. The third kappa shape index (κ3) is 4.51. The number of halogens is 3. The van der Waals surface area contributed by atoms with Crippen LogP contribution in [0, 0.1) is 5.82 Å². The quantitative estimate of drug-likeness (QED) is 0.779. The number of rotatable bonds is 5. The van der Waals surface area contributed by atoms with Gasteiger partial charge in [-0.3, -0.25) is 0 Å². The average molecular weight is 328 g/mol. The lowest BCUT2D eigenvalue weighted by atomic mass is 10.2. The van der Waals surface area contributed by atoms with Crippen LogP contribution in [0.3, 0.4) is 0 Å². The van der Waals surface area contributed by atoms with Gasteiger partial charge in [-0.05, 0) is 49.7 Å². The van der Waals surface area contributed by atoms with Gasteiger partial charge < -0.3 is 10.1 Å². The number of benzene rings is 2. The first-order chi connectivity index (χ1) is 9.95. The average Bonchev–Trinajstić information content (AvgIpc) is 2.40. The molecule has 112 valence electrons. The molecule has 0 amide bonds. The molecule has 2 aromatic carbocycles. The van der Waals surface area contributed by atoms with Crippen LogP contribution in [0.2, 0.25) is 10.0 Å². The van der Waals surface area contributed by atoms with Crippen LogP contribution in [0.1, 0.15) is 19.4 Å². The van der Waals surface area contributed by atoms with Crippen LogP contribution in [0.5, 0.6) is 5.75 Å². The van der Waals surface area contributed by atoms with Gasteiger partial charge in [0.2, 0.25) is 0 Å². The van der Waals surface area contributed by atoms with Gasteiger partial charge in [0.15, 0.2) is 0 Å². The van der Waals surface area contributed by atoms with E-state index in [1.807, 2.05) is 26.0 Å². The summed E-state index contributed by atoms with van der Waals surface area (Å²) in [5.41, 5.74) is 1.66. The Kier molecular flexibility index (Phi) is 5.32. The molecular formula is C16H16Cl2FNO. The van der Waals surface area contributed by atoms with Crippen LogP contribution in [-0.2, 0) is 6.54 Å². The molecule has 0 atom stereocenters. The first-order valence-electron chi connectivity index (χ1n) is 6.59. The summed E-state index contributed by atoms with van der Waals surface area (Å²) in [7, 11) is 0. The number of ether oxygens (including phenoxy) is 1. The zero-order valence-electron chi connectivity index (χ0n) is 11.8. The van der Waals surface area contributed by atoms with Gasteiger partial charge in [0.05, 0.1) is 11.1 Å². The highest BCUT2D eigenvalue weighted by Gasteiger charge is 2.06. The van der Waals surface area contributed by atoms with Crippen molar-refractivity contribution in [1.29, 1.82) is 0 Å². The summed E-state index contributed by atoms with van der Waals surface area (Å²) >= 11 is 12.2. The van der Waals surface area contributed by atoms with E-state index in [0.29, 0.717) is 22.3 Å². The number of anilines is 1. The standard InChI is InChI=1S/C16H16Cl2FNO/c1-10(2)21-16-6-5-13(8-15(16)18)20-9-11-3-4-12(19)7-14(11)17/h3-8,10,20H,9H2,1-2H3. The van der Waals surface area contributed by atoms with E-state index in [9.17, 15) is 4.39 Å². The minimum absolute atomic E-state index is 0.0688. The summed E-state index contributed by atoms with van der Waals surface area (Å²) in [6, 6.07) is 9.82. The fourth-order valence-corrected chi connectivity index (χ4v) is 2.28. The maximum Gasteiger partial charge on any atom is 0.138 e. The van der Waals surface area contributed by atoms with Crippen molar-refractivity contribution >= 4 is 28.9 Å². The Bertz CT molecular complexity index is 632. The topological polar surface area (TPSA) is 21.3 Å². The minimum Gasteiger partial charge on any atom is -0.489 e. The Morgan fingerprint density at radius 2 is 1.86 bits per heavy atom. The van der Waals surface area contributed by atoms with E-state index in [4.69, 9.17) is 27.9 Å². The number of hydrogen-bond donors (Lipinski definition) is 1. The molecule has 0 unspecified atom stereocenters. The van der Waals surface area contributed by atoms with Crippen LogP contribution in [0.25, 0.3) is 0 Å². The molecule has 2 rings (SSSR count). The van der Waals surface area contributed by atoms with E-state index in [2.05, 4.69) is 5.32 Å². The molecule has 2 aromatic rings. The molecule has 0 radical (unpaired) electrons. The fraction of sp³-hybridized carbons (Fsp3) is 0.250. The number of hydrogen-bond acceptors (Lipinski definition) is 2. The lowest BCUT2D eigenvalue weighted by Gasteiger charge is -2.13. The molecule has 0 aliphatic carbocycles. The molecule has 2 nitrogen and oxygen atoms in total. The van der Waals surface area contributed by atoms with E-state index in [-0.39, 0.29) is 11.9 Å². The summed E-state index contributed by atoms with van der Waals surface area (Å²) in [4.78, 5) is 0. The van der Waals surface area contributed by atoms with E-state index >= 15 is 0 Å². The lowest BCUT2D eigenvalue weighted by Crippen LogP contribution is -2.06. The van der Waals surface area contributed by atoms with Crippen molar-refractivity contribution < 1.29 is 9.13 Å². The van der Waals surface area contributed by atoms with Crippen molar-refractivity contribution in [2.24, 2.45) is 0 Å². The zero-order valence-corrected chi connectivity index (χ0v) is 13.3. The van der Waals surface area contributed by atoms with Crippen molar-refractivity contribution in [1.82, 2.24) is 0 Å². The molecule has 0 aliphatic rings. The third-order valence-electron chi connectivity index (χ3n) is 2.79. The monoisotopic (exact) mass is 327 g/mol. The summed E-state index contributed by atoms with van der Waals surface area (Å²) < 4.78 is 18.5. The van der Waals surface area contributed by atoms with E-state index in [1.165, 1.54) is 12.1 Å². The van der Waals surface area contributed by atoms with Gasteiger partial charge in [-0.15, -0.1) is 0 Å². The van der Waals surface area contributed by atoms with Crippen LogP contribution in [-0.4, -0.2) is 6.10 Å². The second-order valence-corrected chi connectivity index (χ2v) is 5.72. The SMILES string of the molecule is CC(C)Oc1ccc(NCc2ccc(F)cc2Cl)cc1Cl. The Hall–Kier alpha value is -1.45. The van der Waals surface area contributed by atoms with E-state index in [1.54, 1.807) is 12.1 Å². The molecule has 0 spiro atoms. The molecule has 21 heavy (non-hydrogen) atoms. The largest absolute Gasteiger partial charge is 0.489 e. The Morgan fingerprint density at radius 3 is 2.48 bits per heavy atom. The maximum atomic E-state index is 13.0. The molecule has 0 saturated carbocycles. The van der Waals surface area contributed by atoms with E-state index in [0.717, 1.165) is 11.3 Å². The number of nitrogens with one attached hydrogen (secondary N) is 1. The molecule has 0 saturated heterocycles. The van der Waals surface area contributed by atoms with Gasteiger partial charge in [-0.2, -0.15) is 0 Å². The molecule has 5 heteroatoms. The normalized spacial score (nSPS) is 10.8. The predicted octanol–water partition coefficient (Wildman–Crippen LogP) is 5.53. The molecule has 1 N–H and O–H groups in total. The molecule has 0 heterocycles. The summed E-state index contributed by atoms with van der Waals surface area (Å²) in [5, 5.41) is 4.13. The highest BCUT2D eigenvalue weighted by atomic mass is 35.5. The first-order valence-corrected chi connectivity index (χ1v) is 7.35. The van der Waals surface area contributed by atoms with Crippen molar-refractivity contribution in [3.8, 4) is 5.75 Å². The lowest BCUT2D eigenvalue weighted by molar-refractivity contribution is 0.242. The summed E-state index contributed by atoms with van der Waals surface area (Å²) in [5.74, 6) is 0.305. The van der Waals surface area contributed by atoms with Gasteiger partial charge in [0.25, 0.3) is 0 Å². The van der Waals surface area contributed by atoms with Gasteiger partial charge in [-0.25, -0.2) is 4.39 Å². The van der Waals surface area contributed by atoms with Gasteiger partial charge in [-0.1, -0.05) is 29.3 Å². The van der Waals surface area contributed by atoms with E-state index < -0.39 is 0 Å². The second-order valence-electron chi connectivity index (χ2n) is 4.90. The van der Waals surface area contributed by atoms with Crippen LogP contribution >= 0.6 is 23.2 Å². The summed E-state index contributed by atoms with van der Waals surface area (Å²) in [6.07, 6.45) is 0.0688. The molecule has 0 aliphatic heterocycles. The Labute approximate surface area is 133 Å². The highest BCUT2D eigenvalue weighted by molar-refractivity contribution is 6.32. The van der Waals surface area contributed by atoms with Crippen molar-refractivity contribution in [2.45, 2.75) is 26.5 Å². The van der Waals surface area contributed by atoms with Crippen molar-refractivity contribution in [3.63, 3.8) is 0 Å². The highest BCUT2D eigenvalue weighted by Crippen LogP contribution is 2.29. The van der Waals surface area contributed by atoms with Crippen molar-refractivity contribution in [3.05, 3.63) is 57.8 Å². The zero-order chi connectivity index (χ0) is 15.4. The summed E-state index contributed by atoms with van der Waals surface area (Å²) in [6.45, 7) is 4.37. The van der Waals surface area contributed by atoms with Gasteiger partial charge in [0.1, 0.15) is 11.6 Å². The minimum atomic E-state index is -0.345. The molecule has 0 fully saturated rings. The molecule has 0 aromatic heterocycles. The predicted molar refractivity (Wildman–Crippen MR) is 86.0 cm³/mol. The van der Waals surface area contributed by atoms with Crippen LogP contribution < -0.4 is 10.1 Å². The molecular weight excluding hydrogens is 312 g/mol. The van der Waals surface area contributed by atoms with Crippen LogP contribution in [0.15, 0.2) is 36.4 Å². The second kappa shape index (κ2) is 7.01. The third-order valence-corrected chi connectivity index (χ3v) is 3.44. The maximum absolute atomic E-state index is 13.0.